The van der Waals surface area contributed by atoms with E-state index in [9.17, 15) is 19.1 Å². The second kappa shape index (κ2) is 7.72. The van der Waals surface area contributed by atoms with Gasteiger partial charge in [-0.2, -0.15) is 0 Å². The molecule has 0 aliphatic rings. The highest BCUT2D eigenvalue weighted by atomic mass is 32.2. The van der Waals surface area contributed by atoms with Crippen LogP contribution in [-0.2, 0) is 10.8 Å². The van der Waals surface area contributed by atoms with E-state index in [4.69, 9.17) is 0 Å². The van der Waals surface area contributed by atoms with Crippen LogP contribution in [0.4, 0.5) is 11.4 Å². The summed E-state index contributed by atoms with van der Waals surface area (Å²) in [5, 5.41) is 16.4. The number of nitro groups is 1. The van der Waals surface area contributed by atoms with Gasteiger partial charge in [0.15, 0.2) is 0 Å². The molecule has 2 unspecified atom stereocenters. The molecule has 1 rings (SSSR count). The van der Waals surface area contributed by atoms with Gasteiger partial charge in [-0.25, -0.2) is 0 Å². The van der Waals surface area contributed by atoms with Crippen LogP contribution in [0, 0.1) is 10.1 Å². The summed E-state index contributed by atoms with van der Waals surface area (Å²) in [6.07, 6.45) is 1.55. The summed E-state index contributed by atoms with van der Waals surface area (Å²) < 4.78 is 11.2. The lowest BCUT2D eigenvalue weighted by atomic mass is 10.1. The molecular weight excluding hydrogens is 294 g/mol. The fourth-order valence-corrected chi connectivity index (χ4v) is 1.96. The van der Waals surface area contributed by atoms with Gasteiger partial charge in [-0.05, 0) is 26.0 Å². The van der Waals surface area contributed by atoms with E-state index in [2.05, 4.69) is 10.6 Å². The number of hydrogen-bond donors (Lipinski definition) is 2. The maximum Gasteiger partial charge on any atom is 0.282 e. The number of rotatable bonds is 7. The van der Waals surface area contributed by atoms with Crippen LogP contribution in [0.15, 0.2) is 18.2 Å². The highest BCUT2D eigenvalue weighted by molar-refractivity contribution is 7.84. The van der Waals surface area contributed by atoms with Gasteiger partial charge in [-0.15, -0.1) is 0 Å². The largest absolute Gasteiger partial charge is 0.385 e. The smallest absolute Gasteiger partial charge is 0.282 e. The Morgan fingerprint density at radius 3 is 2.67 bits per heavy atom. The van der Waals surface area contributed by atoms with Gasteiger partial charge in [0.1, 0.15) is 5.56 Å². The third-order valence-corrected chi connectivity index (χ3v) is 4.24. The Morgan fingerprint density at radius 2 is 2.14 bits per heavy atom. The molecule has 0 saturated carbocycles. The molecule has 1 amide bonds. The Labute approximate surface area is 125 Å². The SMILES string of the molecule is CCNc1ccc([N+](=O)[O-])c(C(=O)NCC(C)S(C)=O)c1. The molecule has 1 aromatic carbocycles. The number of benzene rings is 1. The topological polar surface area (TPSA) is 101 Å². The number of carbonyl (C=O) groups excluding carboxylic acids is 1. The summed E-state index contributed by atoms with van der Waals surface area (Å²) in [4.78, 5) is 22.5. The lowest BCUT2D eigenvalue weighted by Crippen LogP contribution is -2.33. The summed E-state index contributed by atoms with van der Waals surface area (Å²) in [6, 6.07) is 4.31. The molecule has 116 valence electrons. The molecule has 0 heterocycles. The van der Waals surface area contributed by atoms with E-state index < -0.39 is 21.6 Å². The van der Waals surface area contributed by atoms with E-state index in [1.165, 1.54) is 12.1 Å². The first-order valence-corrected chi connectivity index (χ1v) is 8.11. The highest BCUT2D eigenvalue weighted by Crippen LogP contribution is 2.22. The standard InChI is InChI=1S/C13H19N3O4S/c1-4-14-10-5-6-12(16(18)19)11(7-10)13(17)15-8-9(2)21(3)20/h5-7,9,14H,4,8H2,1-3H3,(H,15,17). The van der Waals surface area contributed by atoms with Crippen molar-refractivity contribution in [3.63, 3.8) is 0 Å². The van der Waals surface area contributed by atoms with Crippen molar-refractivity contribution >= 4 is 28.1 Å². The van der Waals surface area contributed by atoms with Crippen molar-refractivity contribution in [2.24, 2.45) is 0 Å². The van der Waals surface area contributed by atoms with Crippen molar-refractivity contribution in [3.05, 3.63) is 33.9 Å². The summed E-state index contributed by atoms with van der Waals surface area (Å²) in [7, 11) is -1.07. The zero-order valence-corrected chi connectivity index (χ0v) is 13.0. The van der Waals surface area contributed by atoms with Gasteiger partial charge < -0.3 is 10.6 Å². The van der Waals surface area contributed by atoms with Gasteiger partial charge in [-0.3, -0.25) is 19.1 Å². The molecule has 8 heteroatoms. The third-order valence-electron chi connectivity index (χ3n) is 2.94. The van der Waals surface area contributed by atoms with Crippen molar-refractivity contribution in [1.29, 1.82) is 0 Å². The summed E-state index contributed by atoms with van der Waals surface area (Å²) in [5.74, 6) is -0.543. The summed E-state index contributed by atoms with van der Waals surface area (Å²) in [6.45, 7) is 4.47. The first kappa shape index (κ1) is 17.1. The van der Waals surface area contributed by atoms with Crippen molar-refractivity contribution in [1.82, 2.24) is 5.32 Å². The predicted octanol–water partition coefficient (Wildman–Crippen LogP) is 1.52. The molecule has 2 N–H and O–H groups in total. The van der Waals surface area contributed by atoms with E-state index in [0.29, 0.717) is 12.2 Å². The molecule has 0 bridgehead atoms. The lowest BCUT2D eigenvalue weighted by Gasteiger charge is -2.11. The summed E-state index contributed by atoms with van der Waals surface area (Å²) in [5.41, 5.74) is 0.382. The minimum Gasteiger partial charge on any atom is -0.385 e. The average Bonchev–Trinajstić information content (AvgIpc) is 2.44. The highest BCUT2D eigenvalue weighted by Gasteiger charge is 2.21. The maximum atomic E-state index is 12.1. The van der Waals surface area contributed by atoms with Crippen LogP contribution >= 0.6 is 0 Å². The molecular formula is C13H19N3O4S. The first-order chi connectivity index (χ1) is 9.86. The number of nitrogens with zero attached hydrogens (tertiary/aromatic N) is 1. The molecule has 2 atom stereocenters. The van der Waals surface area contributed by atoms with Crippen LogP contribution in [-0.4, -0.2) is 39.6 Å². The number of nitrogens with one attached hydrogen (secondary N) is 2. The molecule has 7 nitrogen and oxygen atoms in total. The number of amides is 1. The molecule has 0 aliphatic carbocycles. The second-order valence-electron chi connectivity index (χ2n) is 4.54. The number of hydrogen-bond acceptors (Lipinski definition) is 5. The van der Waals surface area contributed by atoms with Crippen molar-refractivity contribution < 1.29 is 13.9 Å². The number of carbonyl (C=O) groups is 1. The van der Waals surface area contributed by atoms with Crippen molar-refractivity contribution in [2.45, 2.75) is 19.1 Å². The van der Waals surface area contributed by atoms with Crippen LogP contribution in [0.3, 0.4) is 0 Å². The lowest BCUT2D eigenvalue weighted by molar-refractivity contribution is -0.385. The minimum absolute atomic E-state index is 0.00691. The molecule has 0 radical (unpaired) electrons. The van der Waals surface area contributed by atoms with Gasteiger partial charge in [0.05, 0.1) is 4.92 Å². The molecule has 1 aromatic rings. The molecule has 0 spiro atoms. The Kier molecular flexibility index (Phi) is 6.29. The van der Waals surface area contributed by atoms with Crippen molar-refractivity contribution in [2.75, 3.05) is 24.7 Å². The van der Waals surface area contributed by atoms with Crippen LogP contribution in [0.5, 0.6) is 0 Å². The predicted molar refractivity (Wildman–Crippen MR) is 83.1 cm³/mol. The summed E-state index contributed by atoms with van der Waals surface area (Å²) >= 11 is 0. The average molecular weight is 313 g/mol. The van der Waals surface area contributed by atoms with Gasteiger partial charge in [-0.1, -0.05) is 0 Å². The number of nitro benzene ring substituents is 1. The third kappa shape index (κ3) is 4.82. The fourth-order valence-electron chi connectivity index (χ4n) is 1.64. The number of anilines is 1. The van der Waals surface area contributed by atoms with E-state index in [-0.39, 0.29) is 23.0 Å². The van der Waals surface area contributed by atoms with Gasteiger partial charge in [0, 0.05) is 47.1 Å². The van der Waals surface area contributed by atoms with Gasteiger partial charge >= 0.3 is 0 Å². The second-order valence-corrected chi connectivity index (χ2v) is 6.34. The Morgan fingerprint density at radius 1 is 1.48 bits per heavy atom. The quantitative estimate of drug-likeness (QED) is 0.587. The van der Waals surface area contributed by atoms with Crippen molar-refractivity contribution in [3.8, 4) is 0 Å². The molecule has 0 aliphatic heterocycles. The van der Waals surface area contributed by atoms with E-state index in [1.807, 2.05) is 6.92 Å². The molecule has 0 saturated heterocycles. The monoisotopic (exact) mass is 313 g/mol. The van der Waals surface area contributed by atoms with Crippen LogP contribution in [0.25, 0.3) is 0 Å². The van der Waals surface area contributed by atoms with E-state index >= 15 is 0 Å². The Balaban J connectivity index is 2.96. The van der Waals surface area contributed by atoms with E-state index in [1.54, 1.807) is 19.2 Å². The maximum absolute atomic E-state index is 12.1. The van der Waals surface area contributed by atoms with Crippen LogP contribution in [0.1, 0.15) is 24.2 Å². The molecule has 21 heavy (non-hydrogen) atoms. The molecule has 0 fully saturated rings. The van der Waals surface area contributed by atoms with Gasteiger partial charge in [0.25, 0.3) is 11.6 Å². The van der Waals surface area contributed by atoms with Gasteiger partial charge in [0.2, 0.25) is 0 Å². The Bertz CT molecular complexity index is 562. The first-order valence-electron chi connectivity index (χ1n) is 6.49. The van der Waals surface area contributed by atoms with Crippen LogP contribution < -0.4 is 10.6 Å². The molecule has 0 aromatic heterocycles. The minimum atomic E-state index is -1.07. The zero-order valence-electron chi connectivity index (χ0n) is 12.2. The zero-order chi connectivity index (χ0) is 16.0. The Hall–Kier alpha value is -1.96. The fraction of sp³-hybridized carbons (Fsp3) is 0.462. The van der Waals surface area contributed by atoms with Crippen LogP contribution in [0.2, 0.25) is 0 Å². The van der Waals surface area contributed by atoms with E-state index in [0.717, 1.165) is 0 Å². The normalized spacial score (nSPS) is 13.3.